The van der Waals surface area contributed by atoms with Crippen LogP contribution in [0, 0.1) is 13.8 Å². The van der Waals surface area contributed by atoms with E-state index >= 15 is 0 Å². The lowest BCUT2D eigenvalue weighted by Gasteiger charge is -1.93. The van der Waals surface area contributed by atoms with Gasteiger partial charge in [-0.3, -0.25) is 0 Å². The van der Waals surface area contributed by atoms with Crippen molar-refractivity contribution in [3.63, 3.8) is 0 Å². The van der Waals surface area contributed by atoms with E-state index in [0.29, 0.717) is 0 Å². The molecule has 0 amide bonds. The van der Waals surface area contributed by atoms with Crippen molar-refractivity contribution in [2.45, 2.75) is 20.8 Å². The highest BCUT2D eigenvalue weighted by molar-refractivity contribution is 8.01. The Bertz CT molecular complexity index is 290. The van der Waals surface area contributed by atoms with Gasteiger partial charge in [0.25, 0.3) is 0 Å². The first-order valence-corrected chi connectivity index (χ1v) is 6.34. The molecule has 0 bridgehead atoms. The molecule has 1 aromatic rings. The van der Waals surface area contributed by atoms with Crippen molar-refractivity contribution < 1.29 is 0 Å². The third-order valence-electron chi connectivity index (χ3n) is 1.94. The van der Waals surface area contributed by atoms with Gasteiger partial charge in [0.1, 0.15) is 0 Å². The molecule has 0 radical (unpaired) electrons. The first-order chi connectivity index (χ1) is 7.22. The minimum atomic E-state index is 1.37. The molecule has 0 fully saturated rings. The van der Waals surface area contributed by atoms with Gasteiger partial charge in [0.05, 0.1) is 0 Å². The Hall–Kier alpha value is -0.950. The maximum absolute atomic E-state index is 2.12. The largest absolute Gasteiger partial charge is 0.138 e. The SMILES string of the molecule is C/C=C\C=C/SC.Cc1ccccc1C. The van der Waals surface area contributed by atoms with Crippen molar-refractivity contribution in [1.82, 2.24) is 0 Å². The fourth-order valence-electron chi connectivity index (χ4n) is 0.898. The van der Waals surface area contributed by atoms with Gasteiger partial charge in [0.15, 0.2) is 0 Å². The molecular weight excluding hydrogens is 200 g/mol. The topological polar surface area (TPSA) is 0 Å². The molecule has 0 N–H and O–H groups in total. The summed E-state index contributed by atoms with van der Waals surface area (Å²) in [7, 11) is 0. The molecule has 1 heteroatoms. The zero-order valence-corrected chi connectivity index (χ0v) is 10.8. The van der Waals surface area contributed by atoms with E-state index in [1.54, 1.807) is 11.8 Å². The average molecular weight is 220 g/mol. The zero-order chi connectivity index (χ0) is 11.5. The molecule has 1 rings (SSSR count). The van der Waals surface area contributed by atoms with Crippen LogP contribution >= 0.6 is 11.8 Å². The molecule has 0 spiro atoms. The number of thioether (sulfide) groups is 1. The molecule has 82 valence electrons. The van der Waals surface area contributed by atoms with E-state index in [1.165, 1.54) is 11.1 Å². The van der Waals surface area contributed by atoms with Crippen molar-refractivity contribution >= 4 is 11.8 Å². The van der Waals surface area contributed by atoms with Crippen LogP contribution in [0.1, 0.15) is 18.1 Å². The number of hydrogen-bond donors (Lipinski definition) is 0. The van der Waals surface area contributed by atoms with E-state index in [1.807, 2.05) is 36.8 Å². The quantitative estimate of drug-likeness (QED) is 0.649. The van der Waals surface area contributed by atoms with E-state index in [9.17, 15) is 0 Å². The number of allylic oxidation sites excluding steroid dienone is 3. The molecule has 0 aliphatic heterocycles. The molecule has 0 aliphatic carbocycles. The minimum Gasteiger partial charge on any atom is -0.138 e. The van der Waals surface area contributed by atoms with Crippen molar-refractivity contribution in [3.05, 3.63) is 59.0 Å². The number of rotatable bonds is 2. The average Bonchev–Trinajstić information content (AvgIpc) is 2.24. The molecule has 0 saturated heterocycles. The summed E-state index contributed by atoms with van der Waals surface area (Å²) < 4.78 is 0. The van der Waals surface area contributed by atoms with Crippen LogP contribution in [-0.4, -0.2) is 6.26 Å². The molecule has 0 unspecified atom stereocenters. The molecule has 0 aromatic heterocycles. The van der Waals surface area contributed by atoms with Gasteiger partial charge in [-0.1, -0.05) is 42.5 Å². The van der Waals surface area contributed by atoms with Gasteiger partial charge >= 0.3 is 0 Å². The Morgan fingerprint density at radius 3 is 1.87 bits per heavy atom. The van der Waals surface area contributed by atoms with Crippen LogP contribution in [0.2, 0.25) is 0 Å². The van der Waals surface area contributed by atoms with Crippen LogP contribution < -0.4 is 0 Å². The normalized spacial score (nSPS) is 10.4. The van der Waals surface area contributed by atoms with Gasteiger partial charge in [-0.2, -0.15) is 0 Å². The Balaban J connectivity index is 0.000000265. The molecule has 0 atom stereocenters. The lowest BCUT2D eigenvalue weighted by atomic mass is 10.1. The Morgan fingerprint density at radius 1 is 1.00 bits per heavy atom. The number of hydrogen-bond acceptors (Lipinski definition) is 1. The van der Waals surface area contributed by atoms with E-state index in [2.05, 4.69) is 38.1 Å². The zero-order valence-electron chi connectivity index (χ0n) is 10.0. The second-order valence-electron chi connectivity index (χ2n) is 3.17. The molecule has 15 heavy (non-hydrogen) atoms. The third kappa shape index (κ3) is 8.07. The second kappa shape index (κ2) is 9.60. The van der Waals surface area contributed by atoms with E-state index in [-0.39, 0.29) is 0 Å². The van der Waals surface area contributed by atoms with E-state index < -0.39 is 0 Å². The van der Waals surface area contributed by atoms with Crippen LogP contribution in [0.25, 0.3) is 0 Å². The first kappa shape index (κ1) is 14.1. The van der Waals surface area contributed by atoms with Crippen molar-refractivity contribution in [2.24, 2.45) is 0 Å². The lowest BCUT2D eigenvalue weighted by Crippen LogP contribution is -1.74. The van der Waals surface area contributed by atoms with Gasteiger partial charge in [0.2, 0.25) is 0 Å². The molecule has 0 saturated carbocycles. The minimum absolute atomic E-state index is 1.37. The van der Waals surface area contributed by atoms with Crippen LogP contribution in [0.3, 0.4) is 0 Å². The highest BCUT2D eigenvalue weighted by Gasteiger charge is 1.83. The van der Waals surface area contributed by atoms with Crippen molar-refractivity contribution in [3.8, 4) is 0 Å². The van der Waals surface area contributed by atoms with Crippen LogP contribution in [0.5, 0.6) is 0 Å². The lowest BCUT2D eigenvalue weighted by molar-refractivity contribution is 1.34. The molecule has 0 nitrogen and oxygen atoms in total. The summed E-state index contributed by atoms with van der Waals surface area (Å²) in [5, 5.41) is 2.04. The van der Waals surface area contributed by atoms with Gasteiger partial charge in [-0.15, -0.1) is 11.8 Å². The van der Waals surface area contributed by atoms with Crippen LogP contribution in [0.4, 0.5) is 0 Å². The van der Waals surface area contributed by atoms with Crippen LogP contribution in [-0.2, 0) is 0 Å². The van der Waals surface area contributed by atoms with Gasteiger partial charge in [-0.25, -0.2) is 0 Å². The van der Waals surface area contributed by atoms with Gasteiger partial charge in [0, 0.05) is 0 Å². The number of aryl methyl sites for hydroxylation is 2. The van der Waals surface area contributed by atoms with Gasteiger partial charge in [-0.05, 0) is 43.6 Å². The summed E-state index contributed by atoms with van der Waals surface area (Å²) in [5.74, 6) is 0. The monoisotopic (exact) mass is 220 g/mol. The standard InChI is InChI=1S/C8H10.C6H10S/c1-7-5-3-4-6-8(7)2;1-3-4-5-6-7-2/h3-6H,1-2H3;3-6H,1-2H3/b;4-3-,6-5-. The predicted octanol–water partition coefficient (Wildman–Crippen LogP) is 4.74. The summed E-state index contributed by atoms with van der Waals surface area (Å²) in [6.07, 6.45) is 8.08. The highest BCUT2D eigenvalue weighted by atomic mass is 32.2. The molecule has 1 aromatic carbocycles. The van der Waals surface area contributed by atoms with Crippen LogP contribution in [0.15, 0.2) is 47.9 Å². The second-order valence-corrected chi connectivity index (χ2v) is 3.92. The van der Waals surface area contributed by atoms with Crippen molar-refractivity contribution in [1.29, 1.82) is 0 Å². The number of benzene rings is 1. The molecule has 0 aliphatic rings. The Morgan fingerprint density at radius 2 is 1.53 bits per heavy atom. The highest BCUT2D eigenvalue weighted by Crippen LogP contribution is 2.02. The Labute approximate surface area is 98.1 Å². The fraction of sp³-hybridized carbons (Fsp3) is 0.286. The summed E-state index contributed by atoms with van der Waals surface area (Å²) in [5.41, 5.74) is 2.74. The summed E-state index contributed by atoms with van der Waals surface area (Å²) in [6, 6.07) is 8.36. The van der Waals surface area contributed by atoms with E-state index in [4.69, 9.17) is 0 Å². The maximum Gasteiger partial charge on any atom is -0.0142 e. The summed E-state index contributed by atoms with van der Waals surface area (Å²) in [4.78, 5) is 0. The maximum atomic E-state index is 2.12. The summed E-state index contributed by atoms with van der Waals surface area (Å²) in [6.45, 7) is 6.25. The smallest absolute Gasteiger partial charge is 0.0142 e. The predicted molar refractivity (Wildman–Crippen MR) is 73.4 cm³/mol. The Kier molecular flexibility index (Phi) is 8.99. The van der Waals surface area contributed by atoms with Gasteiger partial charge < -0.3 is 0 Å². The molecular formula is C14H20S. The van der Waals surface area contributed by atoms with E-state index in [0.717, 1.165) is 0 Å². The first-order valence-electron chi connectivity index (χ1n) is 5.05. The van der Waals surface area contributed by atoms with Crippen molar-refractivity contribution in [2.75, 3.05) is 6.26 Å². The fourth-order valence-corrected chi connectivity index (χ4v) is 1.15. The molecule has 0 heterocycles. The third-order valence-corrected chi connectivity index (χ3v) is 2.37. The summed E-state index contributed by atoms with van der Waals surface area (Å²) >= 11 is 1.71.